The molecule has 9 heteroatoms. The lowest BCUT2D eigenvalue weighted by Crippen LogP contribution is -2.59. The summed E-state index contributed by atoms with van der Waals surface area (Å²) in [6.45, 7) is 7.18. The van der Waals surface area contributed by atoms with E-state index in [0.717, 1.165) is 61.5 Å². The lowest BCUT2D eigenvalue weighted by molar-refractivity contribution is -0.000510. The second kappa shape index (κ2) is 11.1. The first-order chi connectivity index (χ1) is 21.3. The van der Waals surface area contributed by atoms with Gasteiger partial charge in [-0.3, -0.25) is 14.4 Å². The van der Waals surface area contributed by atoms with E-state index in [4.69, 9.17) is 9.15 Å². The summed E-state index contributed by atoms with van der Waals surface area (Å²) in [4.78, 5) is 47.8. The molecule has 0 aliphatic carbocycles. The van der Waals surface area contributed by atoms with Gasteiger partial charge in [0, 0.05) is 73.8 Å². The van der Waals surface area contributed by atoms with Crippen LogP contribution in [-0.2, 0) is 11.2 Å². The van der Waals surface area contributed by atoms with E-state index < -0.39 is 0 Å². The largest absolute Gasteiger partial charge is 0.453 e. The van der Waals surface area contributed by atoms with Crippen LogP contribution in [0.1, 0.15) is 62.2 Å². The summed E-state index contributed by atoms with van der Waals surface area (Å²) in [6, 6.07) is 18.2. The van der Waals surface area contributed by atoms with Crippen molar-refractivity contribution in [1.29, 1.82) is 0 Å². The molecule has 2 saturated heterocycles. The minimum absolute atomic E-state index is 0.130. The number of benzene rings is 2. The van der Waals surface area contributed by atoms with E-state index in [0.29, 0.717) is 47.1 Å². The van der Waals surface area contributed by atoms with E-state index in [2.05, 4.69) is 15.2 Å². The highest BCUT2D eigenvalue weighted by Crippen LogP contribution is 2.43. The van der Waals surface area contributed by atoms with E-state index in [1.54, 1.807) is 41.4 Å². The molecule has 0 unspecified atom stereocenters. The third-order valence-corrected chi connectivity index (χ3v) is 8.99. The van der Waals surface area contributed by atoms with Crippen molar-refractivity contribution >= 4 is 34.8 Å². The second-order valence-corrected chi connectivity index (χ2v) is 12.1. The van der Waals surface area contributed by atoms with E-state index in [1.807, 2.05) is 37.3 Å². The van der Waals surface area contributed by atoms with Gasteiger partial charge in [0.2, 0.25) is 0 Å². The molecule has 1 spiro atoms. The molecule has 0 atom stereocenters. The number of anilines is 3. The van der Waals surface area contributed by atoms with Gasteiger partial charge in [-0.25, -0.2) is 4.98 Å². The number of hydrogen-bond donors (Lipinski definition) is 1. The van der Waals surface area contributed by atoms with Gasteiger partial charge in [-0.15, -0.1) is 0 Å². The van der Waals surface area contributed by atoms with Gasteiger partial charge in [-0.2, -0.15) is 0 Å². The Labute approximate surface area is 255 Å². The van der Waals surface area contributed by atoms with Crippen molar-refractivity contribution in [3.63, 3.8) is 0 Å². The molecule has 2 fully saturated rings. The number of carbonyl (C=O) groups is 3. The number of hydrogen-bond acceptors (Lipinski definition) is 7. The Balaban J connectivity index is 1.08. The van der Waals surface area contributed by atoms with Gasteiger partial charge < -0.3 is 24.3 Å². The fourth-order valence-electron chi connectivity index (χ4n) is 6.55. The monoisotopic (exact) mass is 590 g/mol. The topological polar surface area (TPSA) is 105 Å². The van der Waals surface area contributed by atoms with Gasteiger partial charge in [0.05, 0.1) is 11.3 Å². The van der Waals surface area contributed by atoms with Crippen LogP contribution in [0.5, 0.6) is 0 Å². The fourth-order valence-corrected chi connectivity index (χ4v) is 6.55. The number of rotatable bonds is 5. The molecule has 224 valence electrons. The second-order valence-electron chi connectivity index (χ2n) is 12.1. The SMILES string of the molecule is CC(=O)c1cc2c(o1)-c1ccccc1N(C(=O)c1ccc(NC(=O)c3cc(C)cnc3N3CC4(CCOCC4)C3)cc1)CC2. The average molecular weight is 591 g/mol. The Hall–Kier alpha value is -4.76. The molecule has 7 rings (SSSR count). The van der Waals surface area contributed by atoms with Crippen LogP contribution in [0.25, 0.3) is 11.3 Å². The number of amides is 2. The van der Waals surface area contributed by atoms with Crippen LogP contribution in [0.4, 0.5) is 17.2 Å². The molecule has 44 heavy (non-hydrogen) atoms. The first kappa shape index (κ1) is 28.0. The number of Topliss-reactive ketones (excluding diaryl/α,β-unsaturated/α-hetero) is 1. The predicted octanol–water partition coefficient (Wildman–Crippen LogP) is 5.92. The average Bonchev–Trinajstić information content (AvgIpc) is 3.39. The first-order valence-electron chi connectivity index (χ1n) is 15.1. The summed E-state index contributed by atoms with van der Waals surface area (Å²) in [6.07, 6.45) is 4.43. The quantitative estimate of drug-likeness (QED) is 0.288. The molecule has 4 aromatic rings. The van der Waals surface area contributed by atoms with Crippen LogP contribution in [0.3, 0.4) is 0 Å². The van der Waals surface area contributed by atoms with Crippen molar-refractivity contribution in [1.82, 2.24) is 4.98 Å². The summed E-state index contributed by atoms with van der Waals surface area (Å²) in [5, 5.41) is 3.00. The third-order valence-electron chi connectivity index (χ3n) is 8.99. The summed E-state index contributed by atoms with van der Waals surface area (Å²) in [7, 11) is 0. The Morgan fingerprint density at radius 1 is 0.977 bits per heavy atom. The number of ketones is 1. The number of aryl methyl sites for hydroxylation is 1. The zero-order valence-corrected chi connectivity index (χ0v) is 24.9. The minimum Gasteiger partial charge on any atom is -0.453 e. The number of ether oxygens (including phenoxy) is 1. The lowest BCUT2D eigenvalue weighted by Gasteiger charge is -2.53. The first-order valence-corrected chi connectivity index (χ1v) is 15.1. The van der Waals surface area contributed by atoms with Crippen molar-refractivity contribution < 1.29 is 23.5 Å². The van der Waals surface area contributed by atoms with Crippen LogP contribution in [0, 0.1) is 12.3 Å². The molecule has 0 saturated carbocycles. The molecular formula is C35H34N4O5. The highest BCUT2D eigenvalue weighted by atomic mass is 16.5. The standard InChI is InChI=1S/C35H34N4O5/c1-22-17-28(32(36-19-22)38-20-35(21-38)12-15-43-16-13-35)33(41)37-26-9-7-24(8-10-26)34(42)39-14-11-25-18-30(23(2)40)44-31(25)27-5-3-4-6-29(27)39/h3-10,17-19H,11-16,20-21H2,1-2H3,(H,37,41). The van der Waals surface area contributed by atoms with Gasteiger partial charge >= 0.3 is 0 Å². The number of para-hydroxylation sites is 1. The summed E-state index contributed by atoms with van der Waals surface area (Å²) >= 11 is 0. The summed E-state index contributed by atoms with van der Waals surface area (Å²) in [5.41, 5.74) is 5.21. The van der Waals surface area contributed by atoms with Gasteiger partial charge in [0.15, 0.2) is 11.5 Å². The predicted molar refractivity (Wildman–Crippen MR) is 168 cm³/mol. The number of nitrogens with one attached hydrogen (secondary N) is 1. The highest BCUT2D eigenvalue weighted by molar-refractivity contribution is 6.10. The molecule has 2 amide bonds. The van der Waals surface area contributed by atoms with Gasteiger partial charge in [0.25, 0.3) is 11.8 Å². The lowest BCUT2D eigenvalue weighted by atomic mass is 9.73. The molecular weight excluding hydrogens is 556 g/mol. The Kier molecular flexibility index (Phi) is 7.05. The van der Waals surface area contributed by atoms with E-state index >= 15 is 0 Å². The van der Waals surface area contributed by atoms with E-state index in [-0.39, 0.29) is 23.0 Å². The number of aromatic nitrogens is 1. The van der Waals surface area contributed by atoms with Crippen LogP contribution < -0.4 is 15.1 Å². The Morgan fingerprint density at radius 3 is 2.48 bits per heavy atom. The van der Waals surface area contributed by atoms with E-state index in [1.165, 1.54) is 6.92 Å². The molecule has 3 aliphatic rings. The summed E-state index contributed by atoms with van der Waals surface area (Å²) in [5.74, 6) is 1.13. The van der Waals surface area contributed by atoms with Crippen molar-refractivity contribution in [3.8, 4) is 11.3 Å². The minimum atomic E-state index is -0.233. The van der Waals surface area contributed by atoms with Gasteiger partial charge in [0.1, 0.15) is 11.6 Å². The zero-order chi connectivity index (χ0) is 30.4. The van der Waals surface area contributed by atoms with Crippen LogP contribution >= 0.6 is 0 Å². The molecule has 1 N–H and O–H groups in total. The van der Waals surface area contributed by atoms with Crippen molar-refractivity contribution in [2.45, 2.75) is 33.1 Å². The van der Waals surface area contributed by atoms with Gasteiger partial charge in [-0.1, -0.05) is 12.1 Å². The van der Waals surface area contributed by atoms with Crippen LogP contribution in [0.15, 0.2) is 71.3 Å². The molecule has 2 aromatic heterocycles. The Morgan fingerprint density at radius 2 is 1.73 bits per heavy atom. The van der Waals surface area contributed by atoms with Gasteiger partial charge in [-0.05, 0) is 80.3 Å². The van der Waals surface area contributed by atoms with Crippen molar-refractivity contribution in [2.75, 3.05) is 48.0 Å². The van der Waals surface area contributed by atoms with Crippen molar-refractivity contribution in [2.24, 2.45) is 5.41 Å². The number of pyridine rings is 1. The molecule has 0 radical (unpaired) electrons. The molecule has 0 bridgehead atoms. The fraction of sp³-hybridized carbons (Fsp3) is 0.314. The maximum atomic E-state index is 13.8. The number of furan rings is 1. The molecule has 9 nitrogen and oxygen atoms in total. The zero-order valence-electron chi connectivity index (χ0n) is 24.9. The third kappa shape index (κ3) is 5.07. The van der Waals surface area contributed by atoms with E-state index in [9.17, 15) is 14.4 Å². The van der Waals surface area contributed by atoms with Crippen molar-refractivity contribution in [3.05, 3.63) is 94.9 Å². The highest BCUT2D eigenvalue weighted by Gasteiger charge is 2.45. The maximum absolute atomic E-state index is 13.8. The number of carbonyl (C=O) groups excluding carboxylic acids is 3. The normalized spacial score (nSPS) is 16.9. The molecule has 3 aliphatic heterocycles. The maximum Gasteiger partial charge on any atom is 0.259 e. The van der Waals surface area contributed by atoms with Crippen LogP contribution in [0.2, 0.25) is 0 Å². The summed E-state index contributed by atoms with van der Waals surface area (Å²) < 4.78 is 11.5. The Bertz CT molecular complexity index is 1760. The molecule has 5 heterocycles. The number of fused-ring (bicyclic) bond motifs is 3. The number of nitrogens with zero attached hydrogens (tertiary/aromatic N) is 3. The molecule has 2 aromatic carbocycles. The van der Waals surface area contributed by atoms with Crippen LogP contribution in [-0.4, -0.2) is 55.4 Å². The smallest absolute Gasteiger partial charge is 0.259 e.